The first-order valence-corrected chi connectivity index (χ1v) is 4.94. The molecule has 1 aliphatic rings. The number of carbonyl (C=O) groups is 1. The van der Waals surface area contributed by atoms with Crippen LogP contribution in [0.5, 0.6) is 11.5 Å². The monoisotopic (exact) mass is 206 g/mol. The van der Waals surface area contributed by atoms with Crippen molar-refractivity contribution in [2.24, 2.45) is 0 Å². The Labute approximate surface area is 89.0 Å². The molecule has 0 saturated heterocycles. The molecule has 0 aromatic heterocycles. The van der Waals surface area contributed by atoms with Gasteiger partial charge in [-0.1, -0.05) is 6.07 Å². The topological polar surface area (TPSA) is 35.5 Å². The first-order valence-electron chi connectivity index (χ1n) is 4.94. The van der Waals surface area contributed by atoms with Crippen molar-refractivity contribution in [3.05, 3.63) is 23.8 Å². The molecule has 1 aliphatic carbocycles. The summed E-state index contributed by atoms with van der Waals surface area (Å²) in [6, 6.07) is 5.60. The maximum atomic E-state index is 11.0. The molecule has 80 valence electrons. The number of rotatable bonds is 4. The van der Waals surface area contributed by atoms with Gasteiger partial charge < -0.3 is 14.3 Å². The third kappa shape index (κ3) is 1.58. The molecular formula is C12H14O3. The van der Waals surface area contributed by atoms with E-state index in [1.54, 1.807) is 14.2 Å². The predicted octanol–water partition coefficient (Wildman–Crippen LogP) is 1.93. The molecule has 1 saturated carbocycles. The lowest BCUT2D eigenvalue weighted by molar-refractivity contribution is -0.109. The van der Waals surface area contributed by atoms with Crippen molar-refractivity contribution in [2.75, 3.05) is 14.2 Å². The molecule has 2 rings (SSSR count). The summed E-state index contributed by atoms with van der Waals surface area (Å²) in [6.07, 6.45) is 2.86. The molecule has 0 N–H and O–H groups in total. The largest absolute Gasteiger partial charge is 0.497 e. The van der Waals surface area contributed by atoms with E-state index in [0.717, 1.165) is 36.2 Å². The molecular weight excluding hydrogens is 192 g/mol. The van der Waals surface area contributed by atoms with Crippen molar-refractivity contribution < 1.29 is 14.3 Å². The molecule has 0 amide bonds. The van der Waals surface area contributed by atoms with Gasteiger partial charge in [-0.3, -0.25) is 0 Å². The zero-order valence-corrected chi connectivity index (χ0v) is 8.95. The van der Waals surface area contributed by atoms with Crippen molar-refractivity contribution in [3.8, 4) is 11.5 Å². The summed E-state index contributed by atoms with van der Waals surface area (Å²) in [5.74, 6) is 1.48. The Morgan fingerprint density at radius 1 is 1.27 bits per heavy atom. The van der Waals surface area contributed by atoms with E-state index in [1.807, 2.05) is 18.2 Å². The van der Waals surface area contributed by atoms with Crippen LogP contribution in [0.2, 0.25) is 0 Å². The molecule has 0 unspecified atom stereocenters. The second kappa shape index (κ2) is 3.57. The number of carbonyl (C=O) groups excluding carboxylic acids is 1. The van der Waals surface area contributed by atoms with Crippen LogP contribution in [0.1, 0.15) is 18.4 Å². The summed E-state index contributed by atoms with van der Waals surface area (Å²) in [5, 5.41) is 0. The van der Waals surface area contributed by atoms with E-state index in [0.29, 0.717) is 0 Å². The lowest BCUT2D eigenvalue weighted by Gasteiger charge is -2.14. The van der Waals surface area contributed by atoms with Crippen LogP contribution in [0.4, 0.5) is 0 Å². The second-order valence-corrected chi connectivity index (χ2v) is 3.84. The second-order valence-electron chi connectivity index (χ2n) is 3.84. The highest BCUT2D eigenvalue weighted by Gasteiger charge is 2.46. The molecule has 1 fully saturated rings. The van der Waals surface area contributed by atoms with Crippen LogP contribution in [0.15, 0.2) is 18.2 Å². The molecule has 3 heteroatoms. The van der Waals surface area contributed by atoms with E-state index in [2.05, 4.69) is 0 Å². The molecule has 0 atom stereocenters. The van der Waals surface area contributed by atoms with Gasteiger partial charge in [0.25, 0.3) is 0 Å². The van der Waals surface area contributed by atoms with Crippen molar-refractivity contribution in [3.63, 3.8) is 0 Å². The highest BCUT2D eigenvalue weighted by Crippen LogP contribution is 2.50. The minimum Gasteiger partial charge on any atom is -0.497 e. The van der Waals surface area contributed by atoms with Gasteiger partial charge in [0.05, 0.1) is 19.6 Å². The van der Waals surface area contributed by atoms with Crippen molar-refractivity contribution in [2.45, 2.75) is 18.3 Å². The lowest BCUT2D eigenvalue weighted by Crippen LogP contribution is -2.09. The highest BCUT2D eigenvalue weighted by molar-refractivity contribution is 5.75. The van der Waals surface area contributed by atoms with Gasteiger partial charge in [-0.2, -0.15) is 0 Å². The van der Waals surface area contributed by atoms with Gasteiger partial charge in [0.15, 0.2) is 0 Å². The molecule has 0 bridgehead atoms. The van der Waals surface area contributed by atoms with Crippen LogP contribution in [-0.4, -0.2) is 20.5 Å². The average Bonchev–Trinajstić information content (AvgIpc) is 3.09. The predicted molar refractivity (Wildman–Crippen MR) is 56.5 cm³/mol. The fraction of sp³-hybridized carbons (Fsp3) is 0.417. The Bertz CT molecular complexity index is 380. The zero-order chi connectivity index (χ0) is 10.9. The summed E-state index contributed by atoms with van der Waals surface area (Å²) in [5.41, 5.74) is 0.679. The summed E-state index contributed by atoms with van der Waals surface area (Å²) in [7, 11) is 3.22. The number of aldehydes is 1. The third-order valence-electron chi connectivity index (χ3n) is 2.96. The summed E-state index contributed by atoms with van der Waals surface area (Å²) >= 11 is 0. The molecule has 0 spiro atoms. The van der Waals surface area contributed by atoms with Crippen molar-refractivity contribution >= 4 is 6.29 Å². The van der Waals surface area contributed by atoms with Gasteiger partial charge >= 0.3 is 0 Å². The SMILES string of the molecule is COc1ccc(C2(C=O)CC2)c(OC)c1. The van der Waals surface area contributed by atoms with Gasteiger partial charge in [0.2, 0.25) is 0 Å². The summed E-state index contributed by atoms with van der Waals surface area (Å²) in [6.45, 7) is 0. The summed E-state index contributed by atoms with van der Waals surface area (Å²) < 4.78 is 10.4. The Kier molecular flexibility index (Phi) is 2.39. The van der Waals surface area contributed by atoms with E-state index in [4.69, 9.17) is 9.47 Å². The maximum Gasteiger partial charge on any atom is 0.130 e. The minimum absolute atomic E-state index is 0.294. The van der Waals surface area contributed by atoms with Crippen LogP contribution in [0, 0.1) is 0 Å². The fourth-order valence-electron chi connectivity index (χ4n) is 1.80. The van der Waals surface area contributed by atoms with E-state index in [-0.39, 0.29) is 5.41 Å². The fourth-order valence-corrected chi connectivity index (χ4v) is 1.80. The quantitative estimate of drug-likeness (QED) is 0.706. The van der Waals surface area contributed by atoms with Gasteiger partial charge in [-0.05, 0) is 18.9 Å². The van der Waals surface area contributed by atoms with Gasteiger partial charge in [0.1, 0.15) is 17.8 Å². The number of methoxy groups -OCH3 is 2. The molecule has 0 aliphatic heterocycles. The minimum atomic E-state index is -0.294. The Balaban J connectivity index is 2.43. The number of hydrogen-bond donors (Lipinski definition) is 0. The third-order valence-corrected chi connectivity index (χ3v) is 2.96. The van der Waals surface area contributed by atoms with Crippen molar-refractivity contribution in [1.29, 1.82) is 0 Å². The molecule has 15 heavy (non-hydrogen) atoms. The standard InChI is InChI=1S/C12H14O3/c1-14-9-3-4-10(11(7-9)15-2)12(8-13)5-6-12/h3-4,7-8H,5-6H2,1-2H3. The molecule has 1 aromatic rings. The maximum absolute atomic E-state index is 11.0. The summed E-state index contributed by atoms with van der Waals surface area (Å²) in [4.78, 5) is 11.0. The molecule has 0 heterocycles. The molecule has 3 nitrogen and oxygen atoms in total. The first kappa shape index (κ1) is 10.0. The number of ether oxygens (including phenoxy) is 2. The van der Waals surface area contributed by atoms with Crippen LogP contribution >= 0.6 is 0 Å². The van der Waals surface area contributed by atoms with E-state index >= 15 is 0 Å². The van der Waals surface area contributed by atoms with E-state index in [1.165, 1.54) is 0 Å². The average molecular weight is 206 g/mol. The van der Waals surface area contributed by atoms with Crippen LogP contribution in [0.3, 0.4) is 0 Å². The molecule has 0 radical (unpaired) electrons. The van der Waals surface area contributed by atoms with Gasteiger partial charge in [-0.15, -0.1) is 0 Å². The first-order chi connectivity index (χ1) is 7.25. The molecule has 1 aromatic carbocycles. The van der Waals surface area contributed by atoms with E-state index in [9.17, 15) is 4.79 Å². The van der Waals surface area contributed by atoms with Crippen LogP contribution < -0.4 is 9.47 Å². The normalized spacial score (nSPS) is 16.9. The number of hydrogen-bond acceptors (Lipinski definition) is 3. The number of benzene rings is 1. The smallest absolute Gasteiger partial charge is 0.130 e. The van der Waals surface area contributed by atoms with Crippen molar-refractivity contribution in [1.82, 2.24) is 0 Å². The van der Waals surface area contributed by atoms with Crippen LogP contribution in [-0.2, 0) is 10.2 Å². The Morgan fingerprint density at radius 2 is 2.00 bits per heavy atom. The zero-order valence-electron chi connectivity index (χ0n) is 8.95. The van der Waals surface area contributed by atoms with Gasteiger partial charge in [-0.25, -0.2) is 0 Å². The highest BCUT2D eigenvalue weighted by atomic mass is 16.5. The lowest BCUT2D eigenvalue weighted by atomic mass is 9.96. The Morgan fingerprint density at radius 3 is 2.47 bits per heavy atom. The Hall–Kier alpha value is -1.51. The van der Waals surface area contributed by atoms with Crippen LogP contribution in [0.25, 0.3) is 0 Å². The van der Waals surface area contributed by atoms with E-state index < -0.39 is 0 Å². The van der Waals surface area contributed by atoms with Gasteiger partial charge in [0, 0.05) is 11.6 Å².